The van der Waals surface area contributed by atoms with Crippen LogP contribution in [0.25, 0.3) is 0 Å². The molecule has 0 fully saturated rings. The van der Waals surface area contributed by atoms with Crippen LogP contribution < -0.4 is 14.2 Å². The van der Waals surface area contributed by atoms with Gasteiger partial charge in [0.05, 0.1) is 33.3 Å². The highest BCUT2D eigenvalue weighted by molar-refractivity contribution is 9.10. The van der Waals surface area contributed by atoms with Crippen molar-refractivity contribution in [2.45, 2.75) is 25.1 Å². The average molecular weight is 561 g/mol. The summed E-state index contributed by atoms with van der Waals surface area (Å²) < 4.78 is 103. The Labute approximate surface area is 189 Å². The number of aromatic nitrogens is 1. The van der Waals surface area contributed by atoms with Crippen molar-refractivity contribution in [3.8, 4) is 17.4 Å². The molecule has 0 saturated heterocycles. The summed E-state index contributed by atoms with van der Waals surface area (Å²) in [5.74, 6) is -0.857. The lowest BCUT2D eigenvalue weighted by atomic mass is 10.3. The molecule has 172 valence electrons. The van der Waals surface area contributed by atoms with Gasteiger partial charge in [0, 0.05) is 24.8 Å². The fourth-order valence-electron chi connectivity index (χ4n) is 2.02. The minimum absolute atomic E-state index is 0.00511. The third-order valence-electron chi connectivity index (χ3n) is 3.39. The molecule has 31 heavy (non-hydrogen) atoms. The highest BCUT2D eigenvalue weighted by Crippen LogP contribution is 2.39. The fourth-order valence-corrected chi connectivity index (χ4v) is 3.06. The number of benzene rings is 1. The summed E-state index contributed by atoms with van der Waals surface area (Å²) in [4.78, 5) is 3.58. The lowest BCUT2D eigenvalue weighted by molar-refractivity contribution is -0.253. The van der Waals surface area contributed by atoms with Crippen LogP contribution in [-0.2, 0) is 6.18 Å². The maximum Gasteiger partial charge on any atom is 0.461 e. The van der Waals surface area contributed by atoms with E-state index in [1.54, 1.807) is 0 Å². The van der Waals surface area contributed by atoms with Gasteiger partial charge in [-0.2, -0.15) is 30.7 Å². The summed E-state index contributed by atoms with van der Waals surface area (Å²) in [6, 6.07) is 2.48. The molecule has 0 atom stereocenters. The predicted molar refractivity (Wildman–Crippen MR) is 101 cm³/mol. The second-order valence-corrected chi connectivity index (χ2v) is 7.41. The zero-order chi connectivity index (χ0) is 23.4. The molecule has 0 aliphatic rings. The molecule has 2 rings (SSSR count). The van der Waals surface area contributed by atoms with Crippen molar-refractivity contribution in [1.29, 1.82) is 0 Å². The van der Waals surface area contributed by atoms with Gasteiger partial charge in [-0.15, -0.1) is 0 Å². The number of halogens is 10. The van der Waals surface area contributed by atoms with Gasteiger partial charge in [-0.1, -0.05) is 23.2 Å². The van der Waals surface area contributed by atoms with Crippen molar-refractivity contribution >= 4 is 39.1 Å². The maximum atomic E-state index is 13.0. The monoisotopic (exact) mass is 559 g/mol. The van der Waals surface area contributed by atoms with E-state index in [9.17, 15) is 30.7 Å². The van der Waals surface area contributed by atoms with E-state index in [-0.39, 0.29) is 45.8 Å². The molecule has 0 amide bonds. The standard InChI is InChI=1S/C17H11BrCl2F7NO3/c18-10-4-8(16(23,24)25)7-28-14(10)30-3-1-2-29-13-11(19)5-9(6-12(13)20)31-17(26,27)15(21)22/h4-7,15H,1-3H2. The number of ether oxygens (including phenoxy) is 3. The van der Waals surface area contributed by atoms with Crippen LogP contribution in [0, 0.1) is 0 Å². The number of hydrogen-bond donors (Lipinski definition) is 0. The van der Waals surface area contributed by atoms with E-state index in [2.05, 4.69) is 25.7 Å². The van der Waals surface area contributed by atoms with Crippen LogP contribution in [-0.4, -0.2) is 30.7 Å². The predicted octanol–water partition coefficient (Wildman–Crippen LogP) is 7.25. The van der Waals surface area contributed by atoms with Gasteiger partial charge in [0.15, 0.2) is 5.75 Å². The quantitative estimate of drug-likeness (QED) is 0.239. The molecule has 0 aliphatic heterocycles. The van der Waals surface area contributed by atoms with Gasteiger partial charge in [0.1, 0.15) is 5.75 Å². The summed E-state index contributed by atoms with van der Waals surface area (Å²) in [6.45, 7) is -0.0426. The van der Waals surface area contributed by atoms with E-state index >= 15 is 0 Å². The minimum Gasteiger partial charge on any atom is -0.490 e. The van der Waals surface area contributed by atoms with Crippen molar-refractivity contribution in [2.75, 3.05) is 13.2 Å². The molecule has 0 radical (unpaired) electrons. The Kier molecular flexibility index (Phi) is 8.51. The third kappa shape index (κ3) is 7.18. The maximum absolute atomic E-state index is 13.0. The Morgan fingerprint density at radius 1 is 0.968 bits per heavy atom. The number of pyridine rings is 1. The molecule has 2 aromatic rings. The molecule has 1 aromatic heterocycles. The van der Waals surface area contributed by atoms with Crippen LogP contribution in [0.1, 0.15) is 12.0 Å². The molecule has 4 nitrogen and oxygen atoms in total. The van der Waals surface area contributed by atoms with Crippen LogP contribution >= 0.6 is 39.1 Å². The van der Waals surface area contributed by atoms with Crippen molar-refractivity contribution < 1.29 is 44.9 Å². The molecule has 0 unspecified atom stereocenters. The summed E-state index contributed by atoms with van der Waals surface area (Å²) in [7, 11) is 0. The van der Waals surface area contributed by atoms with Gasteiger partial charge in [0.25, 0.3) is 0 Å². The van der Waals surface area contributed by atoms with Gasteiger partial charge < -0.3 is 14.2 Å². The van der Waals surface area contributed by atoms with Crippen molar-refractivity contribution in [3.05, 3.63) is 44.5 Å². The van der Waals surface area contributed by atoms with E-state index in [1.165, 1.54) is 0 Å². The van der Waals surface area contributed by atoms with Crippen LogP contribution in [0.5, 0.6) is 17.4 Å². The van der Waals surface area contributed by atoms with Crippen LogP contribution in [0.3, 0.4) is 0 Å². The van der Waals surface area contributed by atoms with E-state index in [0.717, 1.165) is 18.2 Å². The van der Waals surface area contributed by atoms with Crippen LogP contribution in [0.15, 0.2) is 28.9 Å². The Morgan fingerprint density at radius 3 is 2.06 bits per heavy atom. The fraction of sp³-hybridized carbons (Fsp3) is 0.353. The van der Waals surface area contributed by atoms with Crippen molar-refractivity contribution in [1.82, 2.24) is 4.98 Å². The largest absolute Gasteiger partial charge is 0.490 e. The smallest absolute Gasteiger partial charge is 0.461 e. The Bertz CT molecular complexity index is 893. The molecule has 0 N–H and O–H groups in total. The lowest BCUT2D eigenvalue weighted by Gasteiger charge is -2.18. The number of rotatable bonds is 9. The highest BCUT2D eigenvalue weighted by Gasteiger charge is 2.44. The topological polar surface area (TPSA) is 40.6 Å². The van der Waals surface area contributed by atoms with E-state index in [0.29, 0.717) is 6.20 Å². The second kappa shape index (κ2) is 10.3. The van der Waals surface area contributed by atoms with Crippen molar-refractivity contribution in [3.63, 3.8) is 0 Å². The van der Waals surface area contributed by atoms with Crippen LogP contribution in [0.4, 0.5) is 30.7 Å². The SMILES string of the molecule is FC(F)C(F)(F)Oc1cc(Cl)c(OCCCOc2ncc(C(F)(F)F)cc2Br)c(Cl)c1. The number of hydrogen-bond acceptors (Lipinski definition) is 4. The summed E-state index contributed by atoms with van der Waals surface area (Å²) in [6.07, 6.45) is -12.5. The third-order valence-corrected chi connectivity index (χ3v) is 4.52. The Hall–Kier alpha value is -1.66. The first-order valence-electron chi connectivity index (χ1n) is 8.13. The average Bonchev–Trinajstić information content (AvgIpc) is 2.63. The first-order chi connectivity index (χ1) is 14.3. The van der Waals surface area contributed by atoms with Gasteiger partial charge in [-0.05, 0) is 22.0 Å². The Balaban J connectivity index is 1.89. The first kappa shape index (κ1) is 25.6. The molecular formula is C17H11BrCl2F7NO3. The van der Waals surface area contributed by atoms with Crippen LogP contribution in [0.2, 0.25) is 10.0 Å². The molecule has 14 heteroatoms. The summed E-state index contributed by atoms with van der Waals surface area (Å²) >= 11 is 14.7. The second-order valence-electron chi connectivity index (χ2n) is 5.74. The number of alkyl halides is 7. The first-order valence-corrected chi connectivity index (χ1v) is 9.68. The molecule has 0 saturated carbocycles. The zero-order valence-corrected chi connectivity index (χ0v) is 18.1. The van der Waals surface area contributed by atoms with E-state index in [4.69, 9.17) is 32.7 Å². The molecule has 0 spiro atoms. The normalized spacial score (nSPS) is 12.2. The molecular weight excluding hydrogens is 550 g/mol. The van der Waals surface area contributed by atoms with Gasteiger partial charge in [-0.3, -0.25) is 0 Å². The lowest BCUT2D eigenvalue weighted by Crippen LogP contribution is -2.33. The van der Waals surface area contributed by atoms with Crippen molar-refractivity contribution in [2.24, 2.45) is 0 Å². The molecule has 0 bridgehead atoms. The summed E-state index contributed by atoms with van der Waals surface area (Å²) in [5.41, 5.74) is -0.946. The van der Waals surface area contributed by atoms with Gasteiger partial charge in [-0.25, -0.2) is 4.98 Å². The highest BCUT2D eigenvalue weighted by atomic mass is 79.9. The molecule has 1 aromatic carbocycles. The minimum atomic E-state index is -4.73. The molecule has 1 heterocycles. The number of nitrogens with zero attached hydrogens (tertiary/aromatic N) is 1. The van der Waals surface area contributed by atoms with Gasteiger partial charge >= 0.3 is 18.7 Å². The Morgan fingerprint density at radius 2 is 1.55 bits per heavy atom. The van der Waals surface area contributed by atoms with E-state index < -0.39 is 30.0 Å². The van der Waals surface area contributed by atoms with Gasteiger partial charge in [0.2, 0.25) is 5.88 Å². The molecule has 0 aliphatic carbocycles. The zero-order valence-electron chi connectivity index (χ0n) is 15.0. The summed E-state index contributed by atoms with van der Waals surface area (Å²) in [5, 5.41) is -0.527. The van der Waals surface area contributed by atoms with E-state index in [1.807, 2.05) is 0 Å².